The normalized spacial score (nSPS) is 13.4. The number of fused-ring (bicyclic) bond motifs is 1. The summed E-state index contributed by atoms with van der Waals surface area (Å²) in [4.78, 5) is 63.1. The number of H-pyrrole nitrogens is 1. The molecule has 36 heavy (non-hydrogen) atoms. The largest absolute Gasteiger partial charge is 0.480 e. The van der Waals surface area contributed by atoms with E-state index >= 15 is 0 Å². The fourth-order valence-corrected chi connectivity index (χ4v) is 3.61. The first-order valence-electron chi connectivity index (χ1n) is 11.5. The lowest BCUT2D eigenvalue weighted by Crippen LogP contribution is -2.54. The zero-order valence-electron chi connectivity index (χ0n) is 19.8. The van der Waals surface area contributed by atoms with Crippen LogP contribution in [-0.4, -0.2) is 70.9 Å². The summed E-state index contributed by atoms with van der Waals surface area (Å²) in [5.41, 5.74) is 17.6. The van der Waals surface area contributed by atoms with Crippen LogP contribution in [0.4, 0.5) is 0 Å². The Bertz CT molecular complexity index is 1090. The van der Waals surface area contributed by atoms with Crippen molar-refractivity contribution >= 4 is 40.5 Å². The molecule has 13 heteroatoms. The van der Waals surface area contributed by atoms with Gasteiger partial charge >= 0.3 is 5.97 Å². The number of carbonyl (C=O) groups excluding carboxylic acids is 4. The van der Waals surface area contributed by atoms with Crippen LogP contribution in [0.25, 0.3) is 10.9 Å². The highest BCUT2D eigenvalue weighted by Gasteiger charge is 2.27. The van der Waals surface area contributed by atoms with Gasteiger partial charge in [0.25, 0.3) is 0 Å². The molecule has 0 saturated heterocycles. The molecule has 3 unspecified atom stereocenters. The fraction of sp³-hybridized carbons (Fsp3) is 0.435. The molecule has 0 radical (unpaired) electrons. The lowest BCUT2D eigenvalue weighted by molar-refractivity contribution is -0.142. The van der Waals surface area contributed by atoms with E-state index in [1.54, 1.807) is 6.20 Å². The smallest absolute Gasteiger partial charge is 0.326 e. The highest BCUT2D eigenvalue weighted by molar-refractivity contribution is 5.93. The Morgan fingerprint density at radius 1 is 1.00 bits per heavy atom. The van der Waals surface area contributed by atoms with Crippen LogP contribution < -0.4 is 33.2 Å². The number of nitrogens with two attached hydrogens (primary N) is 3. The highest BCUT2D eigenvalue weighted by Crippen LogP contribution is 2.19. The summed E-state index contributed by atoms with van der Waals surface area (Å²) in [5.74, 6) is -4.11. The molecule has 13 nitrogen and oxygen atoms in total. The quantitative estimate of drug-likeness (QED) is 0.129. The Labute approximate surface area is 207 Å². The first-order valence-corrected chi connectivity index (χ1v) is 11.5. The lowest BCUT2D eigenvalue weighted by atomic mass is 10.0. The van der Waals surface area contributed by atoms with Crippen LogP contribution in [0.15, 0.2) is 30.5 Å². The second kappa shape index (κ2) is 13.8. The molecule has 0 aliphatic rings. The van der Waals surface area contributed by atoms with E-state index in [9.17, 15) is 29.1 Å². The summed E-state index contributed by atoms with van der Waals surface area (Å²) >= 11 is 0. The van der Waals surface area contributed by atoms with E-state index in [1.807, 2.05) is 24.3 Å². The molecule has 2 rings (SSSR count). The third-order valence-corrected chi connectivity index (χ3v) is 5.49. The summed E-state index contributed by atoms with van der Waals surface area (Å²) < 4.78 is 0. The Hall–Kier alpha value is -3.97. The van der Waals surface area contributed by atoms with Crippen molar-refractivity contribution in [3.63, 3.8) is 0 Å². The number of primary amides is 1. The number of para-hydroxylation sites is 1. The second-order valence-corrected chi connectivity index (χ2v) is 8.36. The molecule has 0 fully saturated rings. The van der Waals surface area contributed by atoms with Crippen molar-refractivity contribution in [3.8, 4) is 0 Å². The lowest BCUT2D eigenvalue weighted by Gasteiger charge is -2.22. The number of amides is 4. The van der Waals surface area contributed by atoms with Crippen LogP contribution in [0.3, 0.4) is 0 Å². The standard InChI is InChI=1S/C23H33N7O6/c24-8-4-3-7-17(29-20(32)12-28-21(33)15(25)10-19(26)31)22(34)30-18(23(35)36)9-13-11-27-16-6-2-1-5-14(13)16/h1-2,5-6,11,15,17-18,27H,3-4,7-10,12,24-25H2,(H2,26,31)(H,28,33)(H,29,32)(H,30,34)(H,35,36). The Balaban J connectivity index is 2.03. The maximum absolute atomic E-state index is 13.0. The third kappa shape index (κ3) is 8.67. The molecule has 0 aliphatic carbocycles. The van der Waals surface area contributed by atoms with Gasteiger partial charge in [0, 0.05) is 23.5 Å². The van der Waals surface area contributed by atoms with Gasteiger partial charge in [0.2, 0.25) is 23.6 Å². The van der Waals surface area contributed by atoms with E-state index < -0.39 is 54.3 Å². The molecule has 0 bridgehead atoms. The van der Waals surface area contributed by atoms with Crippen molar-refractivity contribution in [2.45, 2.75) is 50.2 Å². The van der Waals surface area contributed by atoms with Gasteiger partial charge in [0.15, 0.2) is 0 Å². The SMILES string of the molecule is NCCCCC(NC(=O)CNC(=O)C(N)CC(N)=O)C(=O)NC(Cc1c[nH]c2ccccc12)C(=O)O. The zero-order valence-corrected chi connectivity index (χ0v) is 19.8. The number of carboxylic acid groups (broad SMARTS) is 1. The number of aromatic nitrogens is 1. The first kappa shape index (κ1) is 28.3. The van der Waals surface area contributed by atoms with Gasteiger partial charge < -0.3 is 43.2 Å². The topological polar surface area (TPSA) is 236 Å². The summed E-state index contributed by atoms with van der Waals surface area (Å²) in [7, 11) is 0. The minimum absolute atomic E-state index is 0.0301. The molecule has 0 spiro atoms. The van der Waals surface area contributed by atoms with Gasteiger partial charge in [0.05, 0.1) is 19.0 Å². The number of hydrogen-bond acceptors (Lipinski definition) is 7. The zero-order chi connectivity index (χ0) is 26.7. The monoisotopic (exact) mass is 503 g/mol. The van der Waals surface area contributed by atoms with Gasteiger partial charge in [-0.25, -0.2) is 4.79 Å². The Kier molecular flexibility index (Phi) is 10.8. The maximum Gasteiger partial charge on any atom is 0.326 e. The molecule has 196 valence electrons. The van der Waals surface area contributed by atoms with Gasteiger partial charge in [0.1, 0.15) is 12.1 Å². The van der Waals surface area contributed by atoms with Gasteiger partial charge in [-0.15, -0.1) is 0 Å². The molecule has 1 aromatic heterocycles. The molecular formula is C23H33N7O6. The molecule has 0 aliphatic heterocycles. The van der Waals surface area contributed by atoms with Gasteiger partial charge in [-0.2, -0.15) is 0 Å². The van der Waals surface area contributed by atoms with Gasteiger partial charge in [-0.05, 0) is 37.4 Å². The van der Waals surface area contributed by atoms with E-state index in [-0.39, 0.29) is 19.3 Å². The van der Waals surface area contributed by atoms with Crippen LogP contribution in [0, 0.1) is 0 Å². The molecule has 1 heterocycles. The molecule has 1 aromatic carbocycles. The molecule has 4 amide bonds. The molecule has 2 aromatic rings. The van der Waals surface area contributed by atoms with Crippen molar-refractivity contribution in [3.05, 3.63) is 36.0 Å². The predicted octanol–water partition coefficient (Wildman–Crippen LogP) is -1.79. The number of hydrogen-bond donors (Lipinski definition) is 8. The molecule has 3 atom stereocenters. The number of rotatable bonds is 15. The van der Waals surface area contributed by atoms with E-state index in [1.165, 1.54) is 0 Å². The summed E-state index contributed by atoms with van der Waals surface area (Å²) in [6, 6.07) is 3.89. The number of carboxylic acids is 1. The number of aliphatic carboxylic acids is 1. The first-order chi connectivity index (χ1) is 17.1. The average molecular weight is 504 g/mol. The Morgan fingerprint density at radius 2 is 1.72 bits per heavy atom. The van der Waals surface area contributed by atoms with E-state index in [4.69, 9.17) is 17.2 Å². The second-order valence-electron chi connectivity index (χ2n) is 8.36. The molecule has 0 saturated carbocycles. The average Bonchev–Trinajstić information content (AvgIpc) is 3.23. The van der Waals surface area contributed by atoms with E-state index in [0.717, 1.165) is 16.5 Å². The maximum atomic E-state index is 13.0. The molecular weight excluding hydrogens is 470 g/mol. The van der Waals surface area contributed by atoms with Crippen molar-refractivity contribution in [2.75, 3.05) is 13.1 Å². The van der Waals surface area contributed by atoms with Crippen LogP contribution in [0.2, 0.25) is 0 Å². The van der Waals surface area contributed by atoms with Gasteiger partial charge in [-0.1, -0.05) is 18.2 Å². The summed E-state index contributed by atoms with van der Waals surface area (Å²) in [6.45, 7) is -0.113. The van der Waals surface area contributed by atoms with E-state index in [0.29, 0.717) is 19.4 Å². The van der Waals surface area contributed by atoms with Crippen LogP contribution >= 0.6 is 0 Å². The van der Waals surface area contributed by atoms with Crippen molar-refractivity contribution in [1.82, 2.24) is 20.9 Å². The number of nitrogens with one attached hydrogen (secondary N) is 4. The summed E-state index contributed by atoms with van der Waals surface area (Å²) in [5, 5.41) is 17.8. The summed E-state index contributed by atoms with van der Waals surface area (Å²) in [6.07, 6.45) is 2.65. The number of unbranched alkanes of at least 4 members (excludes halogenated alkanes) is 1. The number of aromatic amines is 1. The van der Waals surface area contributed by atoms with Crippen molar-refractivity contribution in [2.24, 2.45) is 17.2 Å². The third-order valence-electron chi connectivity index (χ3n) is 5.49. The predicted molar refractivity (Wildman–Crippen MR) is 131 cm³/mol. The minimum atomic E-state index is -1.24. The minimum Gasteiger partial charge on any atom is -0.480 e. The van der Waals surface area contributed by atoms with Crippen molar-refractivity contribution < 1.29 is 29.1 Å². The number of benzene rings is 1. The highest BCUT2D eigenvalue weighted by atomic mass is 16.4. The Morgan fingerprint density at radius 3 is 2.39 bits per heavy atom. The van der Waals surface area contributed by atoms with Crippen LogP contribution in [0.5, 0.6) is 0 Å². The van der Waals surface area contributed by atoms with E-state index in [2.05, 4.69) is 20.9 Å². The van der Waals surface area contributed by atoms with Crippen molar-refractivity contribution in [1.29, 1.82) is 0 Å². The molecule has 11 N–H and O–H groups in total. The fourth-order valence-electron chi connectivity index (χ4n) is 3.61. The number of carbonyl (C=O) groups is 5. The van der Waals surface area contributed by atoms with Crippen LogP contribution in [0.1, 0.15) is 31.2 Å². The van der Waals surface area contributed by atoms with Gasteiger partial charge in [-0.3, -0.25) is 19.2 Å². The van der Waals surface area contributed by atoms with Crippen LogP contribution in [-0.2, 0) is 30.4 Å².